The van der Waals surface area contributed by atoms with Gasteiger partial charge in [-0.05, 0) is 57.2 Å². The average molecular weight is 262 g/mol. The molecule has 1 N–H and O–H groups in total. The quantitative estimate of drug-likeness (QED) is 0.818. The molecule has 0 bridgehead atoms. The lowest BCUT2D eigenvalue weighted by atomic mass is 9.98. The van der Waals surface area contributed by atoms with E-state index in [0.717, 1.165) is 18.8 Å². The van der Waals surface area contributed by atoms with E-state index in [4.69, 9.17) is 4.74 Å². The zero-order valence-corrected chi connectivity index (χ0v) is 12.2. The van der Waals surface area contributed by atoms with Crippen molar-refractivity contribution in [3.63, 3.8) is 0 Å². The topological polar surface area (TPSA) is 34.1 Å². The molecule has 1 fully saturated rings. The maximum Gasteiger partial charge on any atom is 0.0576 e. The molecule has 1 aliphatic heterocycles. The van der Waals surface area contributed by atoms with Crippen molar-refractivity contribution >= 4 is 0 Å². The molecule has 2 unspecified atom stereocenters. The highest BCUT2D eigenvalue weighted by Gasteiger charge is 2.17. The summed E-state index contributed by atoms with van der Waals surface area (Å²) >= 11 is 0. The van der Waals surface area contributed by atoms with Crippen LogP contribution in [0.2, 0.25) is 0 Å². The van der Waals surface area contributed by atoms with Crippen LogP contribution in [-0.4, -0.2) is 24.2 Å². The van der Waals surface area contributed by atoms with Crippen molar-refractivity contribution in [1.29, 1.82) is 0 Å². The van der Waals surface area contributed by atoms with Gasteiger partial charge in [-0.1, -0.05) is 13.0 Å². The van der Waals surface area contributed by atoms with Gasteiger partial charge in [-0.15, -0.1) is 0 Å². The van der Waals surface area contributed by atoms with E-state index < -0.39 is 0 Å². The third kappa shape index (κ3) is 4.29. The van der Waals surface area contributed by atoms with Gasteiger partial charge >= 0.3 is 0 Å². The van der Waals surface area contributed by atoms with Gasteiger partial charge < -0.3 is 10.1 Å². The number of hydrogen-bond acceptors (Lipinski definition) is 3. The molecular weight excluding hydrogens is 236 g/mol. The van der Waals surface area contributed by atoms with E-state index in [1.165, 1.54) is 37.7 Å². The summed E-state index contributed by atoms with van der Waals surface area (Å²) in [5, 5.41) is 3.58. The molecule has 1 aromatic rings. The van der Waals surface area contributed by atoms with E-state index >= 15 is 0 Å². The monoisotopic (exact) mass is 262 g/mol. The predicted molar refractivity (Wildman–Crippen MR) is 78.2 cm³/mol. The first-order valence-corrected chi connectivity index (χ1v) is 7.57. The molecule has 0 amide bonds. The molecule has 19 heavy (non-hydrogen) atoms. The average Bonchev–Trinajstić information content (AvgIpc) is 2.92. The Labute approximate surface area is 116 Å². The Bertz CT molecular complexity index is 375. The van der Waals surface area contributed by atoms with E-state index in [1.54, 1.807) is 0 Å². The first-order valence-electron chi connectivity index (χ1n) is 7.57. The van der Waals surface area contributed by atoms with E-state index in [-0.39, 0.29) is 0 Å². The van der Waals surface area contributed by atoms with Gasteiger partial charge in [-0.25, -0.2) is 0 Å². The maximum absolute atomic E-state index is 5.69. The Morgan fingerprint density at radius 2 is 2.42 bits per heavy atom. The van der Waals surface area contributed by atoms with E-state index in [2.05, 4.69) is 30.2 Å². The number of aromatic nitrogens is 1. The molecule has 106 valence electrons. The minimum atomic E-state index is 0.431. The summed E-state index contributed by atoms with van der Waals surface area (Å²) in [7, 11) is 0. The molecule has 2 rings (SSSR count). The Morgan fingerprint density at radius 3 is 3.11 bits per heavy atom. The van der Waals surface area contributed by atoms with E-state index in [1.807, 2.05) is 12.3 Å². The van der Waals surface area contributed by atoms with Crippen LogP contribution in [0.1, 0.15) is 56.3 Å². The van der Waals surface area contributed by atoms with Gasteiger partial charge in [0.25, 0.3) is 0 Å². The van der Waals surface area contributed by atoms with Crippen LogP contribution >= 0.6 is 0 Å². The molecule has 1 saturated heterocycles. The highest BCUT2D eigenvalue weighted by atomic mass is 16.5. The van der Waals surface area contributed by atoms with Gasteiger partial charge in [0.15, 0.2) is 0 Å². The zero-order valence-electron chi connectivity index (χ0n) is 12.2. The van der Waals surface area contributed by atoms with Crippen LogP contribution in [-0.2, 0) is 4.74 Å². The fraction of sp³-hybridized carbons (Fsp3) is 0.688. The third-order valence-corrected chi connectivity index (χ3v) is 3.92. The fourth-order valence-electron chi connectivity index (χ4n) is 2.90. The fourth-order valence-corrected chi connectivity index (χ4v) is 2.90. The van der Waals surface area contributed by atoms with Crippen LogP contribution < -0.4 is 5.32 Å². The normalized spacial score (nSPS) is 20.6. The molecule has 3 nitrogen and oxygen atoms in total. The second-order valence-electron chi connectivity index (χ2n) is 5.35. The van der Waals surface area contributed by atoms with E-state index in [0.29, 0.717) is 12.1 Å². The van der Waals surface area contributed by atoms with Crippen LogP contribution in [0.5, 0.6) is 0 Å². The molecule has 2 heterocycles. The molecule has 0 radical (unpaired) electrons. The number of nitrogens with one attached hydrogen (secondary N) is 1. The molecule has 0 saturated carbocycles. The van der Waals surface area contributed by atoms with Gasteiger partial charge in [0, 0.05) is 24.5 Å². The van der Waals surface area contributed by atoms with Crippen molar-refractivity contribution in [2.45, 2.75) is 58.1 Å². The van der Waals surface area contributed by atoms with Gasteiger partial charge in [0.2, 0.25) is 0 Å². The molecule has 1 aliphatic rings. The first-order chi connectivity index (χ1) is 9.31. The van der Waals surface area contributed by atoms with Crippen molar-refractivity contribution in [3.8, 4) is 0 Å². The number of pyridine rings is 1. The van der Waals surface area contributed by atoms with Crippen LogP contribution in [0.3, 0.4) is 0 Å². The summed E-state index contributed by atoms with van der Waals surface area (Å²) < 4.78 is 5.69. The van der Waals surface area contributed by atoms with Crippen LogP contribution in [0, 0.1) is 6.92 Å². The van der Waals surface area contributed by atoms with E-state index in [9.17, 15) is 0 Å². The van der Waals surface area contributed by atoms with Crippen LogP contribution in [0.25, 0.3) is 0 Å². The lowest BCUT2D eigenvalue weighted by Gasteiger charge is -2.20. The number of hydrogen-bond donors (Lipinski definition) is 1. The largest absolute Gasteiger partial charge is 0.378 e. The standard InChI is InChI=1S/C16H26N2O/c1-3-17-16(15-9-5-11-18-13(15)2)10-4-7-14-8-6-12-19-14/h5,9,11,14,16-17H,3-4,6-8,10,12H2,1-2H3. The highest BCUT2D eigenvalue weighted by molar-refractivity contribution is 5.22. The highest BCUT2D eigenvalue weighted by Crippen LogP contribution is 2.24. The predicted octanol–water partition coefficient (Wildman–Crippen LogP) is 3.39. The summed E-state index contributed by atoms with van der Waals surface area (Å²) in [6, 6.07) is 4.66. The molecule has 3 heteroatoms. The van der Waals surface area contributed by atoms with Crippen molar-refractivity contribution in [2.75, 3.05) is 13.2 Å². The Balaban J connectivity index is 1.87. The van der Waals surface area contributed by atoms with Gasteiger partial charge in [0.1, 0.15) is 0 Å². The second kappa shape index (κ2) is 7.61. The summed E-state index contributed by atoms with van der Waals surface area (Å²) in [4.78, 5) is 4.40. The molecule has 0 aliphatic carbocycles. The summed E-state index contributed by atoms with van der Waals surface area (Å²) in [5.74, 6) is 0. The van der Waals surface area contributed by atoms with Crippen molar-refractivity contribution in [1.82, 2.24) is 10.3 Å². The third-order valence-electron chi connectivity index (χ3n) is 3.92. The number of ether oxygens (including phenoxy) is 1. The molecule has 0 spiro atoms. The van der Waals surface area contributed by atoms with Crippen molar-refractivity contribution in [2.24, 2.45) is 0 Å². The summed E-state index contributed by atoms with van der Waals surface area (Å²) in [6.07, 6.45) is 8.45. The Kier molecular flexibility index (Phi) is 5.80. The Hall–Kier alpha value is -0.930. The van der Waals surface area contributed by atoms with Crippen LogP contribution in [0.4, 0.5) is 0 Å². The van der Waals surface area contributed by atoms with Crippen molar-refractivity contribution in [3.05, 3.63) is 29.6 Å². The minimum Gasteiger partial charge on any atom is -0.378 e. The lowest BCUT2D eigenvalue weighted by Crippen LogP contribution is -2.22. The smallest absolute Gasteiger partial charge is 0.0576 e. The molecular formula is C16H26N2O. The minimum absolute atomic E-state index is 0.431. The zero-order chi connectivity index (χ0) is 13.5. The van der Waals surface area contributed by atoms with Crippen molar-refractivity contribution < 1.29 is 4.74 Å². The lowest BCUT2D eigenvalue weighted by molar-refractivity contribution is 0.101. The molecule has 1 aromatic heterocycles. The maximum atomic E-state index is 5.69. The summed E-state index contributed by atoms with van der Waals surface area (Å²) in [6.45, 7) is 6.22. The molecule has 2 atom stereocenters. The van der Waals surface area contributed by atoms with Gasteiger partial charge in [-0.3, -0.25) is 4.98 Å². The number of nitrogens with zero attached hydrogens (tertiary/aromatic N) is 1. The van der Waals surface area contributed by atoms with Gasteiger partial charge in [0.05, 0.1) is 6.10 Å². The number of aryl methyl sites for hydroxylation is 1. The number of rotatable bonds is 7. The first kappa shape index (κ1) is 14.5. The van der Waals surface area contributed by atoms with Crippen LogP contribution in [0.15, 0.2) is 18.3 Å². The second-order valence-corrected chi connectivity index (χ2v) is 5.35. The Morgan fingerprint density at radius 1 is 1.53 bits per heavy atom. The SMILES string of the molecule is CCNC(CCCC1CCCO1)c1cccnc1C. The molecule has 0 aromatic carbocycles. The van der Waals surface area contributed by atoms with Gasteiger partial charge in [-0.2, -0.15) is 0 Å². The summed E-state index contributed by atoms with van der Waals surface area (Å²) in [5.41, 5.74) is 2.49.